The third-order valence-electron chi connectivity index (χ3n) is 8.38. The van der Waals surface area contributed by atoms with E-state index in [2.05, 4.69) is 15.3 Å². The Balaban J connectivity index is 0.000000248. The summed E-state index contributed by atoms with van der Waals surface area (Å²) in [6.45, 7) is 6.31. The van der Waals surface area contributed by atoms with Gasteiger partial charge in [-0.15, -0.1) is 0 Å². The number of morpholine rings is 1. The number of pyridine rings is 2. The zero-order valence-corrected chi connectivity index (χ0v) is 28.3. The lowest BCUT2D eigenvalue weighted by Crippen LogP contribution is -2.49. The summed E-state index contributed by atoms with van der Waals surface area (Å²) in [6.07, 6.45) is -9.05. The van der Waals surface area contributed by atoms with E-state index in [0.29, 0.717) is 64.0 Å². The number of nitrogens with zero attached hydrogens (tertiary/aromatic N) is 7. The van der Waals surface area contributed by atoms with Gasteiger partial charge in [0, 0.05) is 77.6 Å². The Morgan fingerprint density at radius 3 is 1.73 bits per heavy atom. The highest BCUT2D eigenvalue weighted by molar-refractivity contribution is 6.30. The average molecular weight is 766 g/mol. The molecule has 1 aromatic carbocycles. The Morgan fingerprint density at radius 2 is 1.25 bits per heavy atom. The maximum atomic E-state index is 13.4. The van der Waals surface area contributed by atoms with Gasteiger partial charge in [0.15, 0.2) is 0 Å². The second kappa shape index (κ2) is 16.0. The summed E-state index contributed by atoms with van der Waals surface area (Å²) in [7, 11) is 0. The molecule has 1 N–H and O–H groups in total. The largest absolute Gasteiger partial charge is 0.419 e. The van der Waals surface area contributed by atoms with Crippen molar-refractivity contribution in [2.24, 2.45) is 0 Å². The van der Waals surface area contributed by atoms with E-state index < -0.39 is 38.7 Å². The Labute approximate surface area is 298 Å². The van der Waals surface area contributed by atoms with Crippen LogP contribution in [-0.2, 0) is 17.1 Å². The Bertz CT molecular complexity index is 1710. The summed E-state index contributed by atoms with van der Waals surface area (Å²) in [6, 6.07) is 8.73. The molecule has 276 valence electrons. The molecule has 5 heterocycles. The number of hydrogen-bond acceptors (Lipinski definition) is 10. The van der Waals surface area contributed by atoms with Gasteiger partial charge in [0.05, 0.1) is 40.5 Å². The minimum Gasteiger partial charge on any atom is -0.378 e. The molecule has 0 atom stereocenters. The number of hydrogen-bond donors (Lipinski definition) is 1. The number of piperazine rings is 2. The highest BCUT2D eigenvalue weighted by Gasteiger charge is 2.36. The first-order chi connectivity index (χ1) is 24.1. The van der Waals surface area contributed by atoms with Gasteiger partial charge in [-0.05, 0) is 30.3 Å². The summed E-state index contributed by atoms with van der Waals surface area (Å²) < 4.78 is 81.6. The van der Waals surface area contributed by atoms with Gasteiger partial charge in [-0.3, -0.25) is 14.9 Å². The van der Waals surface area contributed by atoms with Crippen molar-refractivity contribution >= 4 is 52.1 Å². The van der Waals surface area contributed by atoms with E-state index in [4.69, 9.17) is 27.9 Å². The number of ether oxygens (including phenoxy) is 1. The zero-order chi connectivity index (χ0) is 36.9. The van der Waals surface area contributed by atoms with Gasteiger partial charge < -0.3 is 29.7 Å². The third kappa shape index (κ3) is 9.41. The maximum absolute atomic E-state index is 13.4. The van der Waals surface area contributed by atoms with Crippen molar-refractivity contribution in [3.8, 4) is 0 Å². The molecule has 0 bridgehead atoms. The first kappa shape index (κ1) is 38.1. The predicted octanol–water partition coefficient (Wildman–Crippen LogP) is 5.62. The average Bonchev–Trinajstić information content (AvgIpc) is 3.11. The number of amides is 1. The number of nitrogens with one attached hydrogen (secondary N) is 1. The maximum Gasteiger partial charge on any atom is 0.419 e. The molecule has 12 nitrogen and oxygen atoms in total. The first-order valence-electron chi connectivity index (χ1n) is 15.7. The molecule has 3 aliphatic heterocycles. The zero-order valence-electron chi connectivity index (χ0n) is 26.8. The van der Waals surface area contributed by atoms with Crippen LogP contribution in [0.5, 0.6) is 0 Å². The van der Waals surface area contributed by atoms with Crippen LogP contribution in [0.2, 0.25) is 10.3 Å². The van der Waals surface area contributed by atoms with Crippen LogP contribution in [0.4, 0.5) is 49.4 Å². The van der Waals surface area contributed by atoms with Gasteiger partial charge in [0.25, 0.3) is 11.6 Å². The van der Waals surface area contributed by atoms with E-state index in [1.165, 1.54) is 24.3 Å². The van der Waals surface area contributed by atoms with Crippen molar-refractivity contribution < 1.29 is 40.8 Å². The van der Waals surface area contributed by atoms with Crippen LogP contribution >= 0.6 is 23.2 Å². The fourth-order valence-electron chi connectivity index (χ4n) is 5.72. The van der Waals surface area contributed by atoms with Crippen molar-refractivity contribution in [2.75, 3.05) is 93.4 Å². The summed E-state index contributed by atoms with van der Waals surface area (Å²) in [5.74, 6) is 0.433. The summed E-state index contributed by atoms with van der Waals surface area (Å²) in [4.78, 5) is 39.0. The van der Waals surface area contributed by atoms with Crippen LogP contribution in [0.25, 0.3) is 0 Å². The number of benzene rings is 1. The second-order valence-corrected chi connectivity index (χ2v) is 12.3. The Hall–Kier alpha value is -4.13. The number of anilines is 3. The molecule has 0 unspecified atom stereocenters. The van der Waals surface area contributed by atoms with Gasteiger partial charge in [-0.25, -0.2) is 9.97 Å². The van der Waals surface area contributed by atoms with Crippen molar-refractivity contribution in [1.29, 1.82) is 0 Å². The monoisotopic (exact) mass is 764 g/mol. The number of nitro groups is 1. The second-order valence-electron chi connectivity index (χ2n) is 11.6. The number of non-ortho nitro benzene ring substituents is 1. The molecular weight excluding hydrogens is 733 g/mol. The van der Waals surface area contributed by atoms with E-state index >= 15 is 0 Å². The van der Waals surface area contributed by atoms with Gasteiger partial charge >= 0.3 is 12.4 Å². The SMILES string of the molecule is FC(F)(F)c1ccc(N2CCNCC2)nc1Cl.O=C(c1cc([N+](=O)[O-])ccc1N1CCOCC1)N1CCN(c2ccc(C(F)(F)F)c(Cl)n2)CC1. The highest BCUT2D eigenvalue weighted by atomic mass is 35.5. The lowest BCUT2D eigenvalue weighted by atomic mass is 10.1. The molecule has 0 spiro atoms. The molecule has 3 fully saturated rings. The molecule has 3 saturated heterocycles. The number of nitro benzene ring substituents is 1. The standard InChI is InChI=1S/C21H21ClF3N5O4.C10H11ClF3N3/c22-19-16(21(23,24)25)2-4-18(26-19)28-5-7-29(8-6-28)20(31)15-13-14(30(32)33)1-3-17(15)27-9-11-34-12-10-27;11-9-7(10(12,13)14)1-2-8(16-9)17-5-3-15-4-6-17/h1-4,13H,5-12H2;1-2,15H,3-6H2. The number of rotatable bonds is 5. The fraction of sp³-hybridized carbons (Fsp3) is 0.452. The smallest absolute Gasteiger partial charge is 0.378 e. The summed E-state index contributed by atoms with van der Waals surface area (Å²) in [5.41, 5.74) is -1.23. The highest BCUT2D eigenvalue weighted by Crippen LogP contribution is 2.36. The lowest BCUT2D eigenvalue weighted by molar-refractivity contribution is -0.384. The molecule has 0 radical (unpaired) electrons. The van der Waals surface area contributed by atoms with Gasteiger partial charge in [0.1, 0.15) is 21.9 Å². The lowest BCUT2D eigenvalue weighted by Gasteiger charge is -2.36. The van der Waals surface area contributed by atoms with Gasteiger partial charge in [-0.2, -0.15) is 26.3 Å². The Morgan fingerprint density at radius 1 is 0.745 bits per heavy atom. The van der Waals surface area contributed by atoms with Crippen LogP contribution in [0.1, 0.15) is 21.5 Å². The van der Waals surface area contributed by atoms with Crippen molar-refractivity contribution in [3.05, 3.63) is 79.6 Å². The van der Waals surface area contributed by atoms with E-state index in [1.807, 2.05) is 9.80 Å². The normalized spacial score (nSPS) is 17.2. The first-order valence-corrected chi connectivity index (χ1v) is 16.5. The number of alkyl halides is 6. The van der Waals surface area contributed by atoms with Crippen LogP contribution in [0.15, 0.2) is 42.5 Å². The van der Waals surface area contributed by atoms with Crippen LogP contribution in [-0.4, -0.2) is 104 Å². The quantitative estimate of drug-likeness (QED) is 0.152. The molecule has 20 heteroatoms. The molecule has 6 rings (SSSR count). The molecule has 0 saturated carbocycles. The molecular formula is C31H32Cl2F6N8O4. The van der Waals surface area contributed by atoms with Crippen LogP contribution < -0.4 is 20.0 Å². The van der Waals surface area contributed by atoms with E-state index in [0.717, 1.165) is 25.2 Å². The minimum atomic E-state index is -4.59. The van der Waals surface area contributed by atoms with E-state index in [-0.39, 0.29) is 36.1 Å². The topological polar surface area (TPSA) is 120 Å². The molecule has 1 amide bonds. The van der Waals surface area contributed by atoms with Crippen molar-refractivity contribution in [2.45, 2.75) is 12.4 Å². The fourth-order valence-corrected chi connectivity index (χ4v) is 6.23. The van der Waals surface area contributed by atoms with Crippen LogP contribution in [0.3, 0.4) is 0 Å². The molecule has 51 heavy (non-hydrogen) atoms. The van der Waals surface area contributed by atoms with E-state index in [9.17, 15) is 41.3 Å². The number of aromatic nitrogens is 2. The molecule has 3 aromatic rings. The van der Waals surface area contributed by atoms with Crippen molar-refractivity contribution in [3.63, 3.8) is 0 Å². The summed E-state index contributed by atoms with van der Waals surface area (Å²) in [5, 5.41) is 13.3. The number of halogens is 8. The molecule has 3 aliphatic rings. The minimum absolute atomic E-state index is 0.178. The summed E-state index contributed by atoms with van der Waals surface area (Å²) >= 11 is 11.3. The molecule has 2 aromatic heterocycles. The molecule has 0 aliphatic carbocycles. The van der Waals surface area contributed by atoms with Crippen LogP contribution in [0, 0.1) is 10.1 Å². The Kier molecular flexibility index (Phi) is 12.0. The van der Waals surface area contributed by atoms with Gasteiger partial charge in [0.2, 0.25) is 0 Å². The van der Waals surface area contributed by atoms with Gasteiger partial charge in [-0.1, -0.05) is 23.2 Å². The number of carbonyl (C=O) groups is 1. The third-order valence-corrected chi connectivity index (χ3v) is 8.96. The van der Waals surface area contributed by atoms with E-state index in [1.54, 1.807) is 15.9 Å². The number of carbonyl (C=O) groups excluding carboxylic acids is 1. The van der Waals surface area contributed by atoms with Crippen molar-refractivity contribution in [1.82, 2.24) is 20.2 Å². The predicted molar refractivity (Wildman–Crippen MR) is 178 cm³/mol.